The van der Waals surface area contributed by atoms with Crippen molar-refractivity contribution in [3.63, 3.8) is 0 Å². The fraction of sp³-hybridized carbons (Fsp3) is 0.280. The highest BCUT2D eigenvalue weighted by Gasteiger charge is 2.33. The number of unbranched alkanes of at least 4 members (excludes halogenated alkanes) is 2. The predicted octanol–water partition coefficient (Wildman–Crippen LogP) is 7.37. The molecule has 150 valence electrons. The molecule has 0 radical (unpaired) electrons. The summed E-state index contributed by atoms with van der Waals surface area (Å²) in [7, 11) is 0. The van der Waals surface area contributed by atoms with Gasteiger partial charge in [-0.25, -0.2) is 13.2 Å². The van der Waals surface area contributed by atoms with Crippen molar-refractivity contribution in [3.8, 4) is 28.0 Å². The van der Waals surface area contributed by atoms with Crippen LogP contribution in [0.25, 0.3) is 22.3 Å². The molecular formula is C25H23F3O. The number of ether oxygens (including phenoxy) is 1. The molecule has 3 aromatic carbocycles. The summed E-state index contributed by atoms with van der Waals surface area (Å²) >= 11 is 0. The van der Waals surface area contributed by atoms with Crippen molar-refractivity contribution in [1.29, 1.82) is 0 Å². The van der Waals surface area contributed by atoms with Gasteiger partial charge in [0.1, 0.15) is 6.61 Å². The lowest BCUT2D eigenvalue weighted by Crippen LogP contribution is -2.09. The number of rotatable bonds is 7. The Bertz CT molecular complexity index is 1050. The Morgan fingerprint density at radius 1 is 0.759 bits per heavy atom. The first-order valence-electron chi connectivity index (χ1n) is 10.0. The zero-order chi connectivity index (χ0) is 20.5. The van der Waals surface area contributed by atoms with E-state index in [0.717, 1.165) is 12.0 Å². The molecule has 0 spiro atoms. The van der Waals surface area contributed by atoms with Crippen molar-refractivity contribution in [3.05, 3.63) is 76.6 Å². The molecule has 29 heavy (non-hydrogen) atoms. The Hall–Kier alpha value is -2.75. The summed E-state index contributed by atoms with van der Waals surface area (Å²) in [5.41, 5.74) is 3.65. The highest BCUT2D eigenvalue weighted by Crippen LogP contribution is 2.52. The largest absolute Gasteiger partial charge is 0.486 e. The van der Waals surface area contributed by atoms with E-state index >= 15 is 0 Å². The Labute approximate surface area is 169 Å². The number of hydrogen-bond donors (Lipinski definition) is 0. The number of aryl methyl sites for hydroxylation is 2. The van der Waals surface area contributed by atoms with Crippen molar-refractivity contribution in [2.75, 3.05) is 0 Å². The predicted molar refractivity (Wildman–Crippen MR) is 109 cm³/mol. The SMILES string of the molecule is CCCCCc1ccc(COc2ccc3c(c2F)-c2c-3cc(C)c(F)c2F)cc1. The first-order chi connectivity index (χ1) is 14.0. The average molecular weight is 396 g/mol. The van der Waals surface area contributed by atoms with E-state index in [1.807, 2.05) is 12.1 Å². The van der Waals surface area contributed by atoms with Crippen LogP contribution in [0.5, 0.6) is 5.75 Å². The molecule has 1 aliphatic carbocycles. The molecule has 1 nitrogen and oxygen atoms in total. The van der Waals surface area contributed by atoms with Crippen molar-refractivity contribution >= 4 is 0 Å². The maximum atomic E-state index is 14.9. The Morgan fingerprint density at radius 2 is 1.45 bits per heavy atom. The summed E-state index contributed by atoms with van der Waals surface area (Å²) in [4.78, 5) is 0. The van der Waals surface area contributed by atoms with Crippen molar-refractivity contribution < 1.29 is 17.9 Å². The number of fused-ring (bicyclic) bond motifs is 4. The summed E-state index contributed by atoms with van der Waals surface area (Å²) in [5, 5.41) is 0. The number of hydrogen-bond acceptors (Lipinski definition) is 1. The van der Waals surface area contributed by atoms with Crippen LogP contribution in [0.15, 0.2) is 42.5 Å². The second kappa shape index (κ2) is 7.94. The third-order valence-corrected chi connectivity index (χ3v) is 5.52. The molecule has 0 atom stereocenters. The lowest BCUT2D eigenvalue weighted by molar-refractivity contribution is 0.290. The summed E-state index contributed by atoms with van der Waals surface area (Å²) < 4.78 is 48.8. The zero-order valence-corrected chi connectivity index (χ0v) is 16.6. The van der Waals surface area contributed by atoms with E-state index in [9.17, 15) is 13.2 Å². The summed E-state index contributed by atoms with van der Waals surface area (Å²) in [5.74, 6) is -2.53. The van der Waals surface area contributed by atoms with E-state index in [4.69, 9.17) is 4.74 Å². The van der Waals surface area contributed by atoms with E-state index in [2.05, 4.69) is 19.1 Å². The molecule has 0 aromatic heterocycles. The van der Waals surface area contributed by atoms with Crippen LogP contribution in [0.2, 0.25) is 0 Å². The summed E-state index contributed by atoms with van der Waals surface area (Å²) in [6.45, 7) is 3.89. The molecule has 0 unspecified atom stereocenters. The third-order valence-electron chi connectivity index (χ3n) is 5.52. The Balaban J connectivity index is 1.49. The van der Waals surface area contributed by atoms with Gasteiger partial charge in [0.05, 0.1) is 0 Å². The van der Waals surface area contributed by atoms with Crippen LogP contribution in [0.4, 0.5) is 13.2 Å². The first kappa shape index (κ1) is 19.6. The Kier molecular flexibility index (Phi) is 5.35. The molecule has 0 bridgehead atoms. The van der Waals surface area contributed by atoms with Gasteiger partial charge in [0.25, 0.3) is 0 Å². The molecule has 4 rings (SSSR count). The second-order valence-corrected chi connectivity index (χ2v) is 7.61. The highest BCUT2D eigenvalue weighted by molar-refractivity contribution is 6.03. The molecule has 0 N–H and O–H groups in total. The van der Waals surface area contributed by atoms with Crippen LogP contribution >= 0.6 is 0 Å². The van der Waals surface area contributed by atoms with E-state index in [1.54, 1.807) is 18.2 Å². The maximum absolute atomic E-state index is 14.9. The van der Waals surface area contributed by atoms with Gasteiger partial charge in [-0.3, -0.25) is 0 Å². The number of halogens is 3. The van der Waals surface area contributed by atoms with E-state index in [-0.39, 0.29) is 29.0 Å². The molecule has 0 saturated carbocycles. The van der Waals surface area contributed by atoms with Crippen molar-refractivity contribution in [2.24, 2.45) is 0 Å². The molecular weight excluding hydrogens is 373 g/mol. The van der Waals surface area contributed by atoms with Gasteiger partial charge in [-0.05, 0) is 65.8 Å². The fourth-order valence-electron chi connectivity index (χ4n) is 3.83. The van der Waals surface area contributed by atoms with Gasteiger partial charge in [-0.2, -0.15) is 0 Å². The fourth-order valence-corrected chi connectivity index (χ4v) is 3.83. The van der Waals surface area contributed by atoms with Gasteiger partial charge in [0.15, 0.2) is 23.2 Å². The van der Waals surface area contributed by atoms with Crippen LogP contribution < -0.4 is 4.74 Å². The van der Waals surface area contributed by atoms with Crippen LogP contribution in [0.1, 0.15) is 42.9 Å². The lowest BCUT2D eigenvalue weighted by Gasteiger charge is -2.27. The van der Waals surface area contributed by atoms with Gasteiger partial charge < -0.3 is 4.74 Å². The molecule has 4 heteroatoms. The maximum Gasteiger partial charge on any atom is 0.173 e. The molecule has 0 aliphatic heterocycles. The zero-order valence-electron chi connectivity index (χ0n) is 16.6. The Morgan fingerprint density at radius 3 is 2.17 bits per heavy atom. The van der Waals surface area contributed by atoms with Gasteiger partial charge >= 0.3 is 0 Å². The van der Waals surface area contributed by atoms with E-state index < -0.39 is 17.5 Å². The number of benzene rings is 3. The quantitative estimate of drug-likeness (QED) is 0.296. The highest BCUT2D eigenvalue weighted by atomic mass is 19.2. The minimum atomic E-state index is -0.998. The van der Waals surface area contributed by atoms with Crippen LogP contribution in [-0.4, -0.2) is 0 Å². The van der Waals surface area contributed by atoms with Gasteiger partial charge in [0, 0.05) is 11.1 Å². The molecule has 0 amide bonds. The average Bonchev–Trinajstić information content (AvgIpc) is 2.71. The molecule has 0 fully saturated rings. The van der Waals surface area contributed by atoms with Crippen LogP contribution in [-0.2, 0) is 13.0 Å². The van der Waals surface area contributed by atoms with E-state index in [1.165, 1.54) is 31.7 Å². The van der Waals surface area contributed by atoms with Gasteiger partial charge in [-0.1, -0.05) is 44.0 Å². The topological polar surface area (TPSA) is 9.23 Å². The standard InChI is InChI=1S/C25H23F3O/c1-3-4-5-6-16-7-9-17(10-8-16)14-29-20-12-11-18-19-13-15(2)23(26)25(28)22(19)21(18)24(20)27/h7-13H,3-6,14H2,1-2H3. The molecule has 3 aromatic rings. The summed E-state index contributed by atoms with van der Waals surface area (Å²) in [6, 6.07) is 12.9. The van der Waals surface area contributed by atoms with Gasteiger partial charge in [-0.15, -0.1) is 0 Å². The second-order valence-electron chi connectivity index (χ2n) is 7.61. The summed E-state index contributed by atoms with van der Waals surface area (Å²) in [6.07, 6.45) is 4.63. The monoisotopic (exact) mass is 396 g/mol. The smallest absolute Gasteiger partial charge is 0.173 e. The lowest BCUT2D eigenvalue weighted by atomic mass is 9.78. The third kappa shape index (κ3) is 3.52. The molecule has 0 saturated heterocycles. The first-order valence-corrected chi connectivity index (χ1v) is 10.0. The molecule has 0 heterocycles. The minimum Gasteiger partial charge on any atom is -0.486 e. The van der Waals surface area contributed by atoms with Crippen LogP contribution in [0.3, 0.4) is 0 Å². The van der Waals surface area contributed by atoms with Crippen molar-refractivity contribution in [1.82, 2.24) is 0 Å². The van der Waals surface area contributed by atoms with Gasteiger partial charge in [0.2, 0.25) is 0 Å². The molecule has 1 aliphatic rings. The minimum absolute atomic E-state index is 0.00230. The normalized spacial score (nSPS) is 11.6. The van der Waals surface area contributed by atoms with Crippen molar-refractivity contribution in [2.45, 2.75) is 46.1 Å². The van der Waals surface area contributed by atoms with E-state index in [0.29, 0.717) is 11.1 Å². The van der Waals surface area contributed by atoms with Crippen LogP contribution in [0, 0.1) is 24.4 Å².